The number of phenols is 1. The average Bonchev–Trinajstić information content (AvgIpc) is 2.40. The summed E-state index contributed by atoms with van der Waals surface area (Å²) >= 11 is 1.78. The molecule has 1 aliphatic heterocycles. The van der Waals surface area contributed by atoms with Crippen LogP contribution in [0.25, 0.3) is 0 Å². The zero-order valence-corrected chi connectivity index (χ0v) is 12.6. The molecule has 0 aromatic heterocycles. The minimum Gasteiger partial charge on any atom is -0.507 e. The molecule has 0 atom stereocenters. The summed E-state index contributed by atoms with van der Waals surface area (Å²) in [5.74, 6) is 1.31. The predicted octanol–water partition coefficient (Wildman–Crippen LogP) is 0.953. The van der Waals surface area contributed by atoms with Gasteiger partial charge >= 0.3 is 0 Å². The van der Waals surface area contributed by atoms with Crippen molar-refractivity contribution >= 4 is 33.4 Å². The molecule has 6 nitrogen and oxygen atoms in total. The van der Waals surface area contributed by atoms with Crippen LogP contribution in [0.1, 0.15) is 10.4 Å². The van der Waals surface area contributed by atoms with Crippen LogP contribution in [-0.2, 0) is 10.0 Å². The van der Waals surface area contributed by atoms with Crippen molar-refractivity contribution in [3.8, 4) is 5.75 Å². The van der Waals surface area contributed by atoms with Crippen LogP contribution in [0.3, 0.4) is 0 Å². The fourth-order valence-electron chi connectivity index (χ4n) is 1.92. The predicted molar refractivity (Wildman–Crippen MR) is 79.8 cm³/mol. The van der Waals surface area contributed by atoms with E-state index in [9.17, 15) is 18.3 Å². The lowest BCUT2D eigenvalue weighted by Crippen LogP contribution is -2.37. The van der Waals surface area contributed by atoms with Crippen molar-refractivity contribution in [3.63, 3.8) is 0 Å². The monoisotopic (exact) mass is 316 g/mol. The summed E-state index contributed by atoms with van der Waals surface area (Å²) in [6.45, 7) is 1.26. The van der Waals surface area contributed by atoms with Crippen LogP contribution in [-0.4, -0.2) is 55.2 Å². The standard InChI is InChI=1S/C12H16N2O4S2/c1-20(17,18)13-9-2-3-11(15)10(8-9)12(16)14-4-6-19-7-5-14/h2-3,8,13,15H,4-7H2,1H3. The van der Waals surface area contributed by atoms with Crippen LogP contribution in [0.5, 0.6) is 5.75 Å². The number of carbonyl (C=O) groups is 1. The zero-order valence-electron chi connectivity index (χ0n) is 11.0. The molecule has 110 valence electrons. The van der Waals surface area contributed by atoms with Gasteiger partial charge in [0.1, 0.15) is 5.75 Å². The van der Waals surface area contributed by atoms with Gasteiger partial charge in [-0.15, -0.1) is 0 Å². The summed E-state index contributed by atoms with van der Waals surface area (Å²) in [5.41, 5.74) is 0.380. The second-order valence-corrected chi connectivity index (χ2v) is 7.48. The Kier molecular flexibility index (Phi) is 4.44. The second-order valence-electron chi connectivity index (χ2n) is 4.51. The molecular weight excluding hydrogens is 300 g/mol. The van der Waals surface area contributed by atoms with E-state index in [2.05, 4.69) is 4.72 Å². The number of hydrogen-bond donors (Lipinski definition) is 2. The Labute approximate surface area is 122 Å². The molecule has 2 rings (SSSR count). The highest BCUT2D eigenvalue weighted by Gasteiger charge is 2.21. The van der Waals surface area contributed by atoms with E-state index in [-0.39, 0.29) is 22.9 Å². The number of nitrogens with zero attached hydrogens (tertiary/aromatic N) is 1. The fraction of sp³-hybridized carbons (Fsp3) is 0.417. The molecule has 0 radical (unpaired) electrons. The number of nitrogens with one attached hydrogen (secondary N) is 1. The zero-order chi connectivity index (χ0) is 14.8. The Hall–Kier alpha value is -1.41. The van der Waals surface area contributed by atoms with E-state index in [0.717, 1.165) is 17.8 Å². The Morgan fingerprint density at radius 2 is 2.00 bits per heavy atom. The van der Waals surface area contributed by atoms with Crippen LogP contribution in [0.15, 0.2) is 18.2 Å². The highest BCUT2D eigenvalue weighted by atomic mass is 32.2. The van der Waals surface area contributed by atoms with Gasteiger partial charge in [-0.2, -0.15) is 11.8 Å². The Bertz CT molecular complexity index is 610. The fourth-order valence-corrected chi connectivity index (χ4v) is 3.38. The molecule has 0 saturated carbocycles. The molecule has 0 spiro atoms. The number of aromatic hydroxyl groups is 1. The van der Waals surface area contributed by atoms with Gasteiger partial charge < -0.3 is 10.0 Å². The molecule has 1 aromatic carbocycles. The first-order valence-electron chi connectivity index (χ1n) is 6.04. The quantitative estimate of drug-likeness (QED) is 0.811. The maximum Gasteiger partial charge on any atom is 0.257 e. The molecule has 2 N–H and O–H groups in total. The SMILES string of the molecule is CS(=O)(=O)Nc1ccc(O)c(C(=O)N2CCSCC2)c1. The van der Waals surface area contributed by atoms with E-state index in [0.29, 0.717) is 13.1 Å². The largest absolute Gasteiger partial charge is 0.507 e. The number of sulfonamides is 1. The Morgan fingerprint density at radius 1 is 1.35 bits per heavy atom. The summed E-state index contributed by atoms with van der Waals surface area (Å²) in [6, 6.07) is 4.10. The van der Waals surface area contributed by atoms with Gasteiger partial charge in [0, 0.05) is 30.3 Å². The Balaban J connectivity index is 2.25. The van der Waals surface area contributed by atoms with Gasteiger partial charge in [0.15, 0.2) is 0 Å². The number of thioether (sulfide) groups is 1. The third kappa shape index (κ3) is 3.80. The number of carbonyl (C=O) groups excluding carboxylic acids is 1. The number of phenolic OH excluding ortho intramolecular Hbond substituents is 1. The number of hydrogen-bond acceptors (Lipinski definition) is 5. The molecular formula is C12H16N2O4S2. The van der Waals surface area contributed by atoms with Crippen LogP contribution in [0, 0.1) is 0 Å². The highest BCUT2D eigenvalue weighted by Crippen LogP contribution is 2.24. The van der Waals surface area contributed by atoms with Crippen LogP contribution in [0.2, 0.25) is 0 Å². The van der Waals surface area contributed by atoms with Crippen molar-refractivity contribution in [1.82, 2.24) is 4.90 Å². The van der Waals surface area contributed by atoms with Crippen molar-refractivity contribution in [2.24, 2.45) is 0 Å². The molecule has 20 heavy (non-hydrogen) atoms. The smallest absolute Gasteiger partial charge is 0.257 e. The molecule has 1 aliphatic rings. The molecule has 1 aromatic rings. The van der Waals surface area contributed by atoms with E-state index >= 15 is 0 Å². The van der Waals surface area contributed by atoms with Gasteiger partial charge in [-0.05, 0) is 18.2 Å². The maximum atomic E-state index is 12.3. The molecule has 1 fully saturated rings. The summed E-state index contributed by atoms with van der Waals surface area (Å²) in [4.78, 5) is 14.0. The number of benzene rings is 1. The van der Waals surface area contributed by atoms with Gasteiger partial charge in [0.05, 0.1) is 11.8 Å². The molecule has 0 unspecified atom stereocenters. The minimum atomic E-state index is -3.42. The van der Waals surface area contributed by atoms with Gasteiger partial charge in [-0.3, -0.25) is 9.52 Å². The van der Waals surface area contributed by atoms with Crippen LogP contribution < -0.4 is 4.72 Å². The second kappa shape index (κ2) is 5.92. The number of rotatable bonds is 3. The summed E-state index contributed by atoms with van der Waals surface area (Å²) < 4.78 is 24.7. The summed E-state index contributed by atoms with van der Waals surface area (Å²) in [6.07, 6.45) is 1.03. The lowest BCUT2D eigenvalue weighted by molar-refractivity contribution is 0.0769. The van der Waals surface area contributed by atoms with E-state index in [1.54, 1.807) is 16.7 Å². The van der Waals surface area contributed by atoms with Crippen molar-refractivity contribution in [2.45, 2.75) is 0 Å². The van der Waals surface area contributed by atoms with Crippen molar-refractivity contribution < 1.29 is 18.3 Å². The molecule has 1 saturated heterocycles. The Morgan fingerprint density at radius 3 is 2.60 bits per heavy atom. The molecule has 1 amide bonds. The summed E-state index contributed by atoms with van der Waals surface area (Å²) in [5, 5.41) is 9.80. The lowest BCUT2D eigenvalue weighted by atomic mass is 10.1. The first-order valence-corrected chi connectivity index (χ1v) is 9.09. The van der Waals surface area contributed by atoms with E-state index in [4.69, 9.17) is 0 Å². The molecule has 1 heterocycles. The maximum absolute atomic E-state index is 12.3. The van der Waals surface area contributed by atoms with Crippen molar-refractivity contribution in [3.05, 3.63) is 23.8 Å². The van der Waals surface area contributed by atoms with E-state index in [1.807, 2.05) is 0 Å². The third-order valence-corrected chi connectivity index (χ3v) is 4.38. The number of anilines is 1. The van der Waals surface area contributed by atoms with Crippen molar-refractivity contribution in [2.75, 3.05) is 35.6 Å². The lowest BCUT2D eigenvalue weighted by Gasteiger charge is -2.26. The normalized spacial score (nSPS) is 15.9. The van der Waals surface area contributed by atoms with Gasteiger partial charge in [0.2, 0.25) is 10.0 Å². The molecule has 8 heteroatoms. The molecule has 0 aliphatic carbocycles. The minimum absolute atomic E-state index is 0.116. The van der Waals surface area contributed by atoms with Gasteiger partial charge in [0.25, 0.3) is 5.91 Å². The third-order valence-electron chi connectivity index (χ3n) is 2.83. The van der Waals surface area contributed by atoms with Gasteiger partial charge in [-0.25, -0.2) is 8.42 Å². The van der Waals surface area contributed by atoms with Gasteiger partial charge in [-0.1, -0.05) is 0 Å². The first kappa shape index (κ1) is 15.0. The van der Waals surface area contributed by atoms with E-state index in [1.165, 1.54) is 18.2 Å². The first-order chi connectivity index (χ1) is 9.37. The van der Waals surface area contributed by atoms with Crippen LogP contribution in [0.4, 0.5) is 5.69 Å². The highest BCUT2D eigenvalue weighted by molar-refractivity contribution is 7.99. The number of amides is 1. The van der Waals surface area contributed by atoms with Crippen molar-refractivity contribution in [1.29, 1.82) is 0 Å². The summed E-state index contributed by atoms with van der Waals surface area (Å²) in [7, 11) is -3.42. The molecule has 0 bridgehead atoms. The topological polar surface area (TPSA) is 86.7 Å². The van der Waals surface area contributed by atoms with Crippen LogP contribution >= 0.6 is 11.8 Å². The average molecular weight is 316 g/mol. The van der Waals surface area contributed by atoms with E-state index < -0.39 is 10.0 Å².